The van der Waals surface area contributed by atoms with Gasteiger partial charge in [-0.2, -0.15) is 0 Å². The predicted molar refractivity (Wildman–Crippen MR) is 140 cm³/mol. The van der Waals surface area contributed by atoms with Gasteiger partial charge in [-0.05, 0) is 0 Å². The zero-order valence-electron chi connectivity index (χ0n) is 20.0. The van der Waals surface area contributed by atoms with Crippen LogP contribution in [0.25, 0.3) is 22.5 Å². The summed E-state index contributed by atoms with van der Waals surface area (Å²) in [6, 6.07) is 22.6. The van der Waals surface area contributed by atoms with Gasteiger partial charge in [0.15, 0.2) is 0 Å². The average Bonchev–Trinajstić information content (AvgIpc) is 2.85. The molecule has 3 aromatic rings. The van der Waals surface area contributed by atoms with Crippen molar-refractivity contribution in [1.82, 2.24) is 0 Å². The Balaban J connectivity index is 2.29. The molecule has 0 radical (unpaired) electrons. The molecule has 0 bridgehead atoms. The van der Waals surface area contributed by atoms with Crippen molar-refractivity contribution in [3.8, 4) is 22.5 Å². The van der Waals surface area contributed by atoms with Gasteiger partial charge in [0.1, 0.15) is 0 Å². The second-order valence-corrected chi connectivity index (χ2v) is 22.1. The van der Waals surface area contributed by atoms with E-state index >= 15 is 0 Å². The second kappa shape index (κ2) is 12.4. The van der Waals surface area contributed by atoms with Crippen LogP contribution in [0.3, 0.4) is 0 Å². The van der Waals surface area contributed by atoms with Crippen LogP contribution >= 0.6 is 0 Å². The third-order valence-electron chi connectivity index (χ3n) is 6.67. The Morgan fingerprint density at radius 2 is 1.16 bits per heavy atom. The van der Waals surface area contributed by atoms with Gasteiger partial charge in [0.2, 0.25) is 0 Å². The standard InChI is InChI=1S/C17H11O2.3C4H9.Sn/c18-17-15(13-7-3-1-4-8-13)11-12-16(19-17)14-9-5-2-6-10-14;3*1-3-4-2;/h1-11H;3*1,3-4H2,2H3;. The van der Waals surface area contributed by atoms with Crippen LogP contribution in [0.5, 0.6) is 0 Å². The monoisotopic (exact) mass is 538 g/mol. The maximum absolute atomic E-state index is 13.2. The number of hydrogen-bond donors (Lipinski definition) is 0. The van der Waals surface area contributed by atoms with Gasteiger partial charge in [-0.1, -0.05) is 0 Å². The summed E-state index contributed by atoms with van der Waals surface area (Å²) in [5, 5.41) is 0. The summed E-state index contributed by atoms with van der Waals surface area (Å²) in [5.41, 5.74) is 2.51. The molecule has 1 aromatic heterocycles. The normalized spacial score (nSPS) is 11.6. The minimum atomic E-state index is -2.86. The summed E-state index contributed by atoms with van der Waals surface area (Å²) >= 11 is -2.86. The third kappa shape index (κ3) is 5.95. The van der Waals surface area contributed by atoms with Gasteiger partial charge in [0.05, 0.1) is 0 Å². The van der Waals surface area contributed by atoms with Gasteiger partial charge >= 0.3 is 199 Å². The van der Waals surface area contributed by atoms with Crippen molar-refractivity contribution in [3.63, 3.8) is 0 Å². The topological polar surface area (TPSA) is 30.2 Å². The van der Waals surface area contributed by atoms with E-state index in [0.29, 0.717) is 0 Å². The zero-order chi connectivity index (χ0) is 22.8. The maximum atomic E-state index is 13.2. The van der Waals surface area contributed by atoms with Crippen molar-refractivity contribution >= 4 is 22.0 Å². The Hall–Kier alpha value is -1.81. The van der Waals surface area contributed by atoms with Crippen LogP contribution in [0.4, 0.5) is 0 Å². The van der Waals surface area contributed by atoms with Crippen LogP contribution in [-0.4, -0.2) is 18.4 Å². The molecular formula is C29H38O2Sn. The molecule has 1 heterocycles. The van der Waals surface area contributed by atoms with E-state index in [9.17, 15) is 4.79 Å². The van der Waals surface area contributed by atoms with Crippen molar-refractivity contribution in [3.05, 3.63) is 77.2 Å². The van der Waals surface area contributed by atoms with Gasteiger partial charge in [-0.25, -0.2) is 0 Å². The summed E-state index contributed by atoms with van der Waals surface area (Å²) in [6.07, 6.45) is 7.49. The summed E-state index contributed by atoms with van der Waals surface area (Å²) < 4.78 is 11.7. The molecule has 3 heteroatoms. The van der Waals surface area contributed by atoms with Gasteiger partial charge in [0.25, 0.3) is 0 Å². The first-order valence-electron chi connectivity index (χ1n) is 12.4. The van der Waals surface area contributed by atoms with E-state index in [-0.39, 0.29) is 5.63 Å². The molecule has 170 valence electrons. The fourth-order valence-corrected chi connectivity index (χ4v) is 21.3. The Labute approximate surface area is 198 Å². The van der Waals surface area contributed by atoms with Crippen LogP contribution in [0.15, 0.2) is 75.9 Å². The molecule has 0 fully saturated rings. The van der Waals surface area contributed by atoms with Crippen LogP contribution in [0.1, 0.15) is 59.3 Å². The first-order valence-corrected chi connectivity index (χ1v) is 19.9. The molecule has 0 aliphatic heterocycles. The quantitative estimate of drug-likeness (QED) is 0.219. The van der Waals surface area contributed by atoms with Crippen molar-refractivity contribution in [2.45, 2.75) is 72.6 Å². The van der Waals surface area contributed by atoms with Crippen molar-refractivity contribution in [2.24, 2.45) is 0 Å². The fourth-order valence-electron chi connectivity index (χ4n) is 4.81. The molecule has 0 spiro atoms. The summed E-state index contributed by atoms with van der Waals surface area (Å²) in [7, 11) is 0. The first kappa shape index (κ1) is 24.8. The van der Waals surface area contributed by atoms with E-state index in [1.54, 1.807) is 0 Å². The molecule has 2 nitrogen and oxygen atoms in total. The Morgan fingerprint density at radius 3 is 1.62 bits per heavy atom. The van der Waals surface area contributed by atoms with Crippen molar-refractivity contribution in [1.29, 1.82) is 0 Å². The number of hydrogen-bond acceptors (Lipinski definition) is 2. The molecule has 2 aromatic carbocycles. The van der Waals surface area contributed by atoms with Gasteiger partial charge < -0.3 is 0 Å². The molecule has 0 aliphatic rings. The predicted octanol–water partition coefficient (Wildman–Crippen LogP) is 8.03. The van der Waals surface area contributed by atoms with Crippen LogP contribution < -0.4 is 9.20 Å². The molecule has 0 unspecified atom stereocenters. The molecule has 0 amide bonds. The van der Waals surface area contributed by atoms with Gasteiger partial charge in [-0.3, -0.25) is 0 Å². The summed E-state index contributed by atoms with van der Waals surface area (Å²) in [6.45, 7) is 6.90. The third-order valence-corrected chi connectivity index (χ3v) is 22.2. The number of rotatable bonds is 12. The molecule has 0 N–H and O–H groups in total. The van der Waals surface area contributed by atoms with Crippen LogP contribution in [-0.2, 0) is 0 Å². The SMILES string of the molecule is CCC[CH2][Sn]([CH2]CCC)([CH2]CCC)[c]1cc(-c2ccccc2)c(=O)oc1-c1ccccc1. The van der Waals surface area contributed by atoms with Crippen LogP contribution in [0.2, 0.25) is 13.3 Å². The summed E-state index contributed by atoms with van der Waals surface area (Å²) in [5.74, 6) is 0.856. The van der Waals surface area contributed by atoms with Crippen molar-refractivity contribution < 1.29 is 4.42 Å². The molecule has 0 aliphatic carbocycles. The average molecular weight is 537 g/mol. The van der Waals surface area contributed by atoms with E-state index in [1.165, 1.54) is 55.4 Å². The molecule has 0 atom stereocenters. The van der Waals surface area contributed by atoms with Crippen molar-refractivity contribution in [2.75, 3.05) is 0 Å². The van der Waals surface area contributed by atoms with E-state index in [4.69, 9.17) is 4.42 Å². The second-order valence-electron chi connectivity index (χ2n) is 9.01. The summed E-state index contributed by atoms with van der Waals surface area (Å²) in [4.78, 5) is 13.2. The molecular weight excluding hydrogens is 499 g/mol. The Morgan fingerprint density at radius 1 is 0.688 bits per heavy atom. The van der Waals surface area contributed by atoms with E-state index in [1.807, 2.05) is 48.5 Å². The Bertz CT molecular complexity index is 987. The van der Waals surface area contributed by atoms with Crippen LogP contribution in [0, 0.1) is 0 Å². The number of unbranched alkanes of at least 4 members (excludes halogenated alkanes) is 3. The molecule has 32 heavy (non-hydrogen) atoms. The Kier molecular flexibility index (Phi) is 9.65. The number of benzene rings is 2. The molecule has 0 saturated heterocycles. The zero-order valence-corrected chi connectivity index (χ0v) is 22.9. The molecule has 3 rings (SSSR count). The minimum absolute atomic E-state index is 0.222. The van der Waals surface area contributed by atoms with E-state index in [2.05, 4.69) is 39.0 Å². The van der Waals surface area contributed by atoms with E-state index < -0.39 is 18.4 Å². The van der Waals surface area contributed by atoms with Gasteiger partial charge in [0, 0.05) is 0 Å². The fraction of sp³-hybridized carbons (Fsp3) is 0.414. The van der Waals surface area contributed by atoms with Gasteiger partial charge in [-0.15, -0.1) is 0 Å². The van der Waals surface area contributed by atoms with E-state index in [0.717, 1.165) is 22.5 Å². The molecule has 0 saturated carbocycles. The first-order chi connectivity index (χ1) is 15.6.